The van der Waals surface area contributed by atoms with Crippen LogP contribution in [0.3, 0.4) is 0 Å². The molecule has 2 aromatic rings. The molecule has 0 saturated heterocycles. The molecule has 0 saturated carbocycles. The van der Waals surface area contributed by atoms with Crippen molar-refractivity contribution in [1.82, 2.24) is 5.32 Å². The molecule has 2 rings (SSSR count). The van der Waals surface area contributed by atoms with Gasteiger partial charge in [0.15, 0.2) is 0 Å². The first kappa shape index (κ1) is 13.6. The van der Waals surface area contributed by atoms with Gasteiger partial charge in [-0.05, 0) is 44.0 Å². The van der Waals surface area contributed by atoms with Crippen LogP contribution in [0.1, 0.15) is 42.6 Å². The minimum absolute atomic E-state index is 0.197. The summed E-state index contributed by atoms with van der Waals surface area (Å²) in [5.41, 5.74) is 3.66. The number of phenols is 1. The van der Waals surface area contributed by atoms with Crippen molar-refractivity contribution in [1.29, 1.82) is 0 Å². The predicted octanol–water partition coefficient (Wildman–Crippen LogP) is 4.11. The van der Waals surface area contributed by atoms with Crippen molar-refractivity contribution in [3.8, 4) is 5.75 Å². The van der Waals surface area contributed by atoms with Crippen LogP contribution in [0.25, 0.3) is 0 Å². The first-order valence-electron chi connectivity index (χ1n) is 6.68. The molecule has 100 valence electrons. The lowest BCUT2D eigenvalue weighted by atomic mass is 10.0. The second kappa shape index (κ2) is 5.89. The third-order valence-corrected chi connectivity index (χ3v) is 3.41. The van der Waals surface area contributed by atoms with Crippen LogP contribution in [0.5, 0.6) is 5.75 Å². The van der Waals surface area contributed by atoms with Crippen LogP contribution in [-0.4, -0.2) is 5.11 Å². The SMILES string of the molecule is Cc1cccc([C@@H](C)NC(C)c2cccc(O)c2)c1. The van der Waals surface area contributed by atoms with E-state index in [0.717, 1.165) is 5.56 Å². The zero-order valence-electron chi connectivity index (χ0n) is 11.7. The lowest BCUT2D eigenvalue weighted by Crippen LogP contribution is -2.22. The van der Waals surface area contributed by atoms with Gasteiger partial charge in [0.05, 0.1) is 0 Å². The molecule has 2 atom stereocenters. The van der Waals surface area contributed by atoms with E-state index in [2.05, 4.69) is 50.4 Å². The van der Waals surface area contributed by atoms with Gasteiger partial charge >= 0.3 is 0 Å². The van der Waals surface area contributed by atoms with Crippen LogP contribution in [0.2, 0.25) is 0 Å². The maximum Gasteiger partial charge on any atom is 0.115 e. The molecule has 2 aromatic carbocycles. The number of aromatic hydroxyl groups is 1. The lowest BCUT2D eigenvalue weighted by Gasteiger charge is -2.21. The second-order valence-corrected chi connectivity index (χ2v) is 5.12. The summed E-state index contributed by atoms with van der Waals surface area (Å²) in [4.78, 5) is 0. The fourth-order valence-corrected chi connectivity index (χ4v) is 2.30. The van der Waals surface area contributed by atoms with Gasteiger partial charge in [-0.1, -0.05) is 42.0 Å². The predicted molar refractivity (Wildman–Crippen MR) is 79.3 cm³/mol. The highest BCUT2D eigenvalue weighted by Crippen LogP contribution is 2.22. The van der Waals surface area contributed by atoms with Gasteiger partial charge in [-0.15, -0.1) is 0 Å². The molecule has 0 amide bonds. The van der Waals surface area contributed by atoms with E-state index in [-0.39, 0.29) is 12.1 Å². The molecule has 19 heavy (non-hydrogen) atoms. The molecule has 2 N–H and O–H groups in total. The molecule has 0 spiro atoms. The number of nitrogens with one attached hydrogen (secondary N) is 1. The minimum atomic E-state index is 0.197. The Morgan fingerprint density at radius 2 is 1.47 bits per heavy atom. The molecule has 0 aliphatic carbocycles. The highest BCUT2D eigenvalue weighted by molar-refractivity contribution is 5.30. The highest BCUT2D eigenvalue weighted by Gasteiger charge is 2.11. The van der Waals surface area contributed by atoms with Crippen molar-refractivity contribution in [2.45, 2.75) is 32.9 Å². The summed E-state index contributed by atoms with van der Waals surface area (Å²) in [6.45, 7) is 6.38. The first-order valence-corrected chi connectivity index (χ1v) is 6.68. The molecule has 2 nitrogen and oxygen atoms in total. The minimum Gasteiger partial charge on any atom is -0.508 e. The Morgan fingerprint density at radius 3 is 2.05 bits per heavy atom. The smallest absolute Gasteiger partial charge is 0.115 e. The largest absolute Gasteiger partial charge is 0.508 e. The highest BCUT2D eigenvalue weighted by atomic mass is 16.3. The van der Waals surface area contributed by atoms with Crippen LogP contribution in [0.4, 0.5) is 0 Å². The number of hydrogen-bond donors (Lipinski definition) is 2. The van der Waals surface area contributed by atoms with Crippen LogP contribution < -0.4 is 5.32 Å². The van der Waals surface area contributed by atoms with Crippen LogP contribution in [0, 0.1) is 6.92 Å². The summed E-state index contributed by atoms with van der Waals surface area (Å²) >= 11 is 0. The molecule has 0 aromatic heterocycles. The summed E-state index contributed by atoms with van der Waals surface area (Å²) in [5, 5.41) is 13.1. The molecule has 0 heterocycles. The fraction of sp³-hybridized carbons (Fsp3) is 0.294. The maximum atomic E-state index is 9.52. The Hall–Kier alpha value is -1.80. The topological polar surface area (TPSA) is 32.3 Å². The zero-order valence-corrected chi connectivity index (χ0v) is 11.7. The molecule has 0 fully saturated rings. The van der Waals surface area contributed by atoms with Crippen molar-refractivity contribution in [2.24, 2.45) is 0 Å². The summed E-state index contributed by atoms with van der Waals surface area (Å²) in [6.07, 6.45) is 0. The molecule has 2 heteroatoms. The third-order valence-electron chi connectivity index (χ3n) is 3.41. The van der Waals surface area contributed by atoms with Gasteiger partial charge in [-0.3, -0.25) is 0 Å². The number of phenolic OH excluding ortho intramolecular Hbond substituents is 1. The van der Waals surface area contributed by atoms with E-state index in [4.69, 9.17) is 0 Å². The normalized spacial score (nSPS) is 14.1. The van der Waals surface area contributed by atoms with E-state index in [0.29, 0.717) is 5.75 Å². The van der Waals surface area contributed by atoms with Crippen molar-refractivity contribution < 1.29 is 5.11 Å². The van der Waals surface area contributed by atoms with Crippen LogP contribution in [-0.2, 0) is 0 Å². The monoisotopic (exact) mass is 255 g/mol. The average Bonchev–Trinajstić information content (AvgIpc) is 2.38. The van der Waals surface area contributed by atoms with E-state index in [9.17, 15) is 5.11 Å². The van der Waals surface area contributed by atoms with E-state index in [1.54, 1.807) is 12.1 Å². The average molecular weight is 255 g/mol. The molecule has 0 radical (unpaired) electrons. The number of hydrogen-bond acceptors (Lipinski definition) is 2. The van der Waals surface area contributed by atoms with Gasteiger partial charge in [-0.25, -0.2) is 0 Å². The van der Waals surface area contributed by atoms with Crippen molar-refractivity contribution in [3.05, 3.63) is 65.2 Å². The van der Waals surface area contributed by atoms with Crippen LogP contribution >= 0.6 is 0 Å². The van der Waals surface area contributed by atoms with E-state index < -0.39 is 0 Å². The van der Waals surface area contributed by atoms with E-state index >= 15 is 0 Å². The summed E-state index contributed by atoms with van der Waals surface area (Å²) < 4.78 is 0. The van der Waals surface area contributed by atoms with Crippen molar-refractivity contribution >= 4 is 0 Å². The van der Waals surface area contributed by atoms with Gasteiger partial charge in [0.25, 0.3) is 0 Å². The standard InChI is InChI=1S/C17H21NO/c1-12-6-4-7-15(10-12)13(2)18-14(3)16-8-5-9-17(19)11-16/h4-11,13-14,18-19H,1-3H3/t13-,14?/m1/s1. The third kappa shape index (κ3) is 3.58. The zero-order chi connectivity index (χ0) is 13.8. The molecule has 0 bridgehead atoms. The lowest BCUT2D eigenvalue weighted by molar-refractivity contribution is 0.466. The number of benzene rings is 2. The summed E-state index contributed by atoms with van der Waals surface area (Å²) in [7, 11) is 0. The number of rotatable bonds is 4. The van der Waals surface area contributed by atoms with Gasteiger partial charge < -0.3 is 10.4 Å². The van der Waals surface area contributed by atoms with Gasteiger partial charge in [-0.2, -0.15) is 0 Å². The van der Waals surface area contributed by atoms with Crippen molar-refractivity contribution in [3.63, 3.8) is 0 Å². The first-order chi connectivity index (χ1) is 9.06. The second-order valence-electron chi connectivity index (χ2n) is 5.12. The van der Waals surface area contributed by atoms with E-state index in [1.807, 2.05) is 12.1 Å². The maximum absolute atomic E-state index is 9.52. The molecule has 0 aliphatic heterocycles. The Labute approximate surface area is 115 Å². The van der Waals surface area contributed by atoms with Crippen molar-refractivity contribution in [2.75, 3.05) is 0 Å². The molecular formula is C17H21NO. The molecular weight excluding hydrogens is 234 g/mol. The van der Waals surface area contributed by atoms with Gasteiger partial charge in [0, 0.05) is 12.1 Å². The molecule has 0 aliphatic rings. The van der Waals surface area contributed by atoms with E-state index in [1.165, 1.54) is 11.1 Å². The molecule has 1 unspecified atom stereocenters. The van der Waals surface area contributed by atoms with Crippen LogP contribution in [0.15, 0.2) is 48.5 Å². The van der Waals surface area contributed by atoms with Gasteiger partial charge in [0.2, 0.25) is 0 Å². The Morgan fingerprint density at radius 1 is 0.895 bits per heavy atom. The quantitative estimate of drug-likeness (QED) is 0.861. The summed E-state index contributed by atoms with van der Waals surface area (Å²) in [5.74, 6) is 0.314. The van der Waals surface area contributed by atoms with Gasteiger partial charge in [0.1, 0.15) is 5.75 Å². The Bertz CT molecular complexity index is 501. The Balaban J connectivity index is 2.08. The fourth-order valence-electron chi connectivity index (χ4n) is 2.30. The summed E-state index contributed by atoms with van der Waals surface area (Å²) in [6, 6.07) is 16.4. The number of aryl methyl sites for hydroxylation is 1. The Kier molecular flexibility index (Phi) is 4.23.